The Balaban J connectivity index is 0.998. The zero-order valence-electron chi connectivity index (χ0n) is 41.3. The first-order valence-electron chi connectivity index (χ1n) is 25.3. The average Bonchev–Trinajstić information content (AvgIpc) is 3.53. The van der Waals surface area contributed by atoms with Crippen molar-refractivity contribution >= 4 is 49.2 Å². The second-order valence-electron chi connectivity index (χ2n) is 18.7. The molecule has 9 aromatic carbocycles. The summed E-state index contributed by atoms with van der Waals surface area (Å²) in [5.41, 5.74) is 18.5. The third-order valence-corrected chi connectivity index (χ3v) is 14.0. The molecule has 6 heteroatoms. The molecule has 13 rings (SSSR count). The number of fused-ring (bicyclic) bond motifs is 6. The summed E-state index contributed by atoms with van der Waals surface area (Å²) in [5, 5.41) is 3.81. The summed E-state index contributed by atoms with van der Waals surface area (Å²) < 4.78 is 0. The summed E-state index contributed by atoms with van der Waals surface area (Å²) in [5.74, 6) is 1.24. The molecule has 356 valence electrons. The van der Waals surface area contributed by atoms with Crippen molar-refractivity contribution in [3.63, 3.8) is 0 Å². The smallest absolute Gasteiger partial charge is 0.160 e. The Morgan fingerprint density at radius 1 is 0.303 bits per heavy atom. The van der Waals surface area contributed by atoms with Crippen molar-refractivity contribution in [1.29, 1.82) is 0 Å². The van der Waals surface area contributed by atoms with Crippen LogP contribution in [0.5, 0.6) is 0 Å². The van der Waals surface area contributed by atoms with Crippen LogP contribution in [0.15, 0.2) is 268 Å². The molecule has 0 atom stereocenters. The maximum atomic E-state index is 5.42. The highest BCUT2D eigenvalue weighted by molar-refractivity contribution is 6.14. The maximum absolute atomic E-state index is 5.42. The van der Waals surface area contributed by atoms with Gasteiger partial charge in [-0.25, -0.2) is 29.9 Å². The molecule has 4 heterocycles. The fourth-order valence-electron chi connectivity index (χ4n) is 10.3. The third-order valence-electron chi connectivity index (χ3n) is 14.0. The summed E-state index contributed by atoms with van der Waals surface area (Å²) in [4.78, 5) is 32.3. The van der Waals surface area contributed by atoms with Crippen molar-refractivity contribution in [2.45, 2.75) is 0 Å². The molecule has 0 saturated carbocycles. The minimum absolute atomic E-state index is 0.612. The second kappa shape index (κ2) is 19.6. The number of hydrogen-bond donors (Lipinski definition) is 0. The fourth-order valence-corrected chi connectivity index (χ4v) is 10.3. The van der Waals surface area contributed by atoms with Crippen molar-refractivity contribution in [3.8, 4) is 89.9 Å². The zero-order valence-corrected chi connectivity index (χ0v) is 41.3. The highest BCUT2D eigenvalue weighted by atomic mass is 14.9. The number of nitrogens with zero attached hydrogens (tertiary/aromatic N) is 6. The molecule has 4 aromatic heterocycles. The Kier molecular flexibility index (Phi) is 11.8. The van der Waals surface area contributed by atoms with Crippen LogP contribution in [0.4, 0.5) is 0 Å². The monoisotopic (exact) mass is 970 g/mol. The Labute approximate surface area is 440 Å². The van der Waals surface area contributed by atoms with Gasteiger partial charge >= 0.3 is 0 Å². The van der Waals surface area contributed by atoms with Gasteiger partial charge in [0.15, 0.2) is 11.6 Å². The maximum Gasteiger partial charge on any atom is 0.160 e. The lowest BCUT2D eigenvalue weighted by atomic mass is 9.94. The van der Waals surface area contributed by atoms with Gasteiger partial charge < -0.3 is 0 Å². The van der Waals surface area contributed by atoms with Gasteiger partial charge in [-0.05, 0) is 75.4 Å². The summed E-state index contributed by atoms with van der Waals surface area (Å²) in [7, 11) is 0. The van der Waals surface area contributed by atoms with Crippen LogP contribution in [0.3, 0.4) is 0 Å². The Morgan fingerprint density at radius 2 is 0.684 bits per heavy atom. The van der Waals surface area contributed by atoms with Crippen molar-refractivity contribution in [3.05, 3.63) is 274 Å². The summed E-state index contributed by atoms with van der Waals surface area (Å²) in [6.45, 7) is 8.12. The van der Waals surface area contributed by atoms with Crippen LogP contribution >= 0.6 is 0 Å². The molecule has 0 bridgehead atoms. The van der Waals surface area contributed by atoms with Crippen molar-refractivity contribution in [2.75, 3.05) is 0 Å². The van der Waals surface area contributed by atoms with Gasteiger partial charge in [0.2, 0.25) is 0 Å². The summed E-state index contributed by atoms with van der Waals surface area (Å²) in [6, 6.07) is 81.9. The van der Waals surface area contributed by atoms with Crippen LogP contribution in [-0.2, 0) is 0 Å². The fraction of sp³-hybridized carbons (Fsp3) is 0. The van der Waals surface area contributed by atoms with Crippen LogP contribution in [0.25, 0.3) is 139 Å². The number of rotatable bonds is 11. The van der Waals surface area contributed by atoms with E-state index in [1.807, 2.05) is 60.7 Å². The van der Waals surface area contributed by atoms with Gasteiger partial charge in [0.1, 0.15) is 11.0 Å². The molecule has 0 radical (unpaired) electrons. The van der Waals surface area contributed by atoms with E-state index in [1.54, 1.807) is 6.08 Å². The predicted octanol–water partition coefficient (Wildman–Crippen LogP) is 17.8. The van der Waals surface area contributed by atoms with E-state index in [0.717, 1.165) is 133 Å². The SMILES string of the molecule is C=C/C=C(\C=C)c1cc(-c2ccccc2)c2ccc3c(-c4cccc(-c5cccc(-c6nc(-c7ccccc7)nc7c6ccc6c(-c8ccccc8)cc(-c8ccccc8)nc67)c5)c4)nc(-c4ccccc4)nc3c2n1. The molecular weight excluding hydrogens is 925 g/mol. The van der Waals surface area contributed by atoms with Crippen molar-refractivity contribution in [1.82, 2.24) is 29.9 Å². The number of allylic oxidation sites excluding steroid dienone is 4. The first kappa shape index (κ1) is 45.6. The molecule has 0 N–H and O–H groups in total. The Hall–Kier alpha value is -10.3. The first-order valence-corrected chi connectivity index (χ1v) is 25.3. The van der Waals surface area contributed by atoms with E-state index in [2.05, 4.69) is 201 Å². The van der Waals surface area contributed by atoms with Crippen molar-refractivity contribution < 1.29 is 0 Å². The predicted molar refractivity (Wildman–Crippen MR) is 315 cm³/mol. The van der Waals surface area contributed by atoms with E-state index in [0.29, 0.717) is 11.6 Å². The summed E-state index contributed by atoms with van der Waals surface area (Å²) >= 11 is 0. The highest BCUT2D eigenvalue weighted by Gasteiger charge is 2.21. The van der Waals surface area contributed by atoms with Gasteiger partial charge in [0.25, 0.3) is 0 Å². The molecule has 0 aliphatic rings. The summed E-state index contributed by atoms with van der Waals surface area (Å²) in [6.07, 6.45) is 5.53. The average molecular weight is 971 g/mol. The molecule has 13 aromatic rings. The Bertz CT molecular complexity index is 4400. The topological polar surface area (TPSA) is 77.3 Å². The molecule has 0 saturated heterocycles. The van der Waals surface area contributed by atoms with Crippen LogP contribution in [0, 0.1) is 0 Å². The zero-order chi connectivity index (χ0) is 51.0. The van der Waals surface area contributed by atoms with E-state index < -0.39 is 0 Å². The van der Waals surface area contributed by atoms with Gasteiger partial charge in [0.05, 0.1) is 33.8 Å². The van der Waals surface area contributed by atoms with E-state index in [-0.39, 0.29) is 0 Å². The second-order valence-corrected chi connectivity index (χ2v) is 18.7. The van der Waals surface area contributed by atoms with Gasteiger partial charge in [-0.15, -0.1) is 0 Å². The molecule has 0 spiro atoms. The number of aromatic nitrogens is 6. The molecular formula is C70H46N6. The lowest BCUT2D eigenvalue weighted by Gasteiger charge is -2.16. The van der Waals surface area contributed by atoms with Gasteiger partial charge in [-0.1, -0.05) is 232 Å². The standard InChI is InChI=1S/C70H46N6/c1-3-22-45(4-2)61-43-59(46-23-10-5-11-24-46)55-37-39-57-63(73-69(49-29-16-8-17-30-49)75-67(57)65(55)71-61)53-35-20-33-51(41-53)52-34-21-36-54(42-52)64-58-40-38-56-60(47-25-12-6-13-26-47)44-62(48-27-14-7-15-28-48)72-66(56)68(58)76-70(74-64)50-31-18-9-19-32-50/h3-44H,1-2H2/b45-22+. The lowest BCUT2D eigenvalue weighted by molar-refractivity contribution is 1.23. The lowest BCUT2D eigenvalue weighted by Crippen LogP contribution is -1.99. The normalized spacial score (nSPS) is 11.6. The van der Waals surface area contributed by atoms with E-state index in [1.165, 1.54) is 0 Å². The number of hydrogen-bond acceptors (Lipinski definition) is 6. The third kappa shape index (κ3) is 8.40. The number of benzene rings is 9. The minimum atomic E-state index is 0.612. The van der Waals surface area contributed by atoms with Crippen LogP contribution < -0.4 is 0 Å². The minimum Gasteiger partial charge on any atom is -0.245 e. The molecule has 0 aliphatic carbocycles. The molecule has 76 heavy (non-hydrogen) atoms. The molecule has 0 amide bonds. The van der Waals surface area contributed by atoms with Crippen molar-refractivity contribution in [2.24, 2.45) is 0 Å². The first-order chi connectivity index (χ1) is 37.6. The van der Waals surface area contributed by atoms with Crippen LogP contribution in [0.1, 0.15) is 5.69 Å². The van der Waals surface area contributed by atoms with Crippen LogP contribution in [-0.4, -0.2) is 29.9 Å². The highest BCUT2D eigenvalue weighted by Crippen LogP contribution is 2.41. The molecule has 0 fully saturated rings. The quantitative estimate of drug-likeness (QED) is 0.0949. The molecule has 6 nitrogen and oxygen atoms in total. The molecule has 0 aliphatic heterocycles. The van der Waals surface area contributed by atoms with Gasteiger partial charge in [0, 0.05) is 49.4 Å². The number of pyridine rings is 2. The van der Waals surface area contributed by atoms with Gasteiger partial charge in [-0.2, -0.15) is 0 Å². The molecule has 0 unspecified atom stereocenters. The largest absolute Gasteiger partial charge is 0.245 e. The van der Waals surface area contributed by atoms with E-state index in [9.17, 15) is 0 Å². The van der Waals surface area contributed by atoms with Gasteiger partial charge in [-0.3, -0.25) is 0 Å². The Morgan fingerprint density at radius 3 is 1.14 bits per heavy atom. The van der Waals surface area contributed by atoms with E-state index in [4.69, 9.17) is 29.9 Å². The van der Waals surface area contributed by atoms with Crippen LogP contribution in [0.2, 0.25) is 0 Å². The van der Waals surface area contributed by atoms with E-state index >= 15 is 0 Å².